The van der Waals surface area contributed by atoms with E-state index in [1.807, 2.05) is 0 Å². The van der Waals surface area contributed by atoms with Crippen molar-refractivity contribution in [3.63, 3.8) is 0 Å². The second kappa shape index (κ2) is 8.48. The molecular weight excluding hydrogens is 428 g/mol. The van der Waals surface area contributed by atoms with E-state index < -0.39 is 17.7 Å². The molecule has 1 aliphatic heterocycles. The van der Waals surface area contributed by atoms with Crippen molar-refractivity contribution in [3.05, 3.63) is 93.8 Å². The van der Waals surface area contributed by atoms with E-state index in [4.69, 9.17) is 16.3 Å². The van der Waals surface area contributed by atoms with Gasteiger partial charge in [-0.05, 0) is 73.0 Å². The van der Waals surface area contributed by atoms with Gasteiger partial charge in [-0.1, -0.05) is 17.7 Å². The number of amides is 1. The van der Waals surface area contributed by atoms with Gasteiger partial charge in [0, 0.05) is 28.7 Å². The number of hydrogen-bond donors (Lipinski definition) is 1. The minimum atomic E-state index is -0.836. The number of methoxy groups -OCH3 is 1. The van der Waals surface area contributed by atoms with E-state index in [1.165, 1.54) is 4.90 Å². The third kappa shape index (κ3) is 3.52. The van der Waals surface area contributed by atoms with E-state index >= 15 is 0 Å². The Labute approximate surface area is 190 Å². The lowest BCUT2D eigenvalue weighted by Crippen LogP contribution is -2.30. The molecule has 1 fully saturated rings. The zero-order valence-corrected chi connectivity index (χ0v) is 18.6. The van der Waals surface area contributed by atoms with Crippen molar-refractivity contribution in [3.8, 4) is 5.75 Å². The van der Waals surface area contributed by atoms with Crippen LogP contribution in [-0.4, -0.2) is 28.9 Å². The lowest BCUT2D eigenvalue weighted by atomic mass is 9.94. The smallest absolute Gasteiger partial charge is 0.300 e. The van der Waals surface area contributed by atoms with E-state index in [0.717, 1.165) is 0 Å². The summed E-state index contributed by atoms with van der Waals surface area (Å²) in [4.78, 5) is 31.9. The van der Waals surface area contributed by atoms with Crippen molar-refractivity contribution in [1.82, 2.24) is 4.98 Å². The van der Waals surface area contributed by atoms with Crippen LogP contribution in [0.25, 0.3) is 5.76 Å². The van der Waals surface area contributed by atoms with Crippen LogP contribution in [0.1, 0.15) is 28.3 Å². The van der Waals surface area contributed by atoms with Crippen LogP contribution >= 0.6 is 11.6 Å². The molecule has 1 atom stereocenters. The molecule has 0 saturated carbocycles. The first-order chi connectivity index (χ1) is 15.3. The number of benzene rings is 2. The van der Waals surface area contributed by atoms with E-state index in [-0.39, 0.29) is 11.3 Å². The van der Waals surface area contributed by atoms with Crippen molar-refractivity contribution in [2.24, 2.45) is 0 Å². The Balaban J connectivity index is 1.98. The third-order valence-corrected chi connectivity index (χ3v) is 6.06. The summed E-state index contributed by atoms with van der Waals surface area (Å²) in [7, 11) is 1.55. The van der Waals surface area contributed by atoms with Gasteiger partial charge in [0.25, 0.3) is 11.7 Å². The maximum Gasteiger partial charge on any atom is 0.300 e. The number of anilines is 1. The quantitative estimate of drug-likeness (QED) is 0.345. The number of aliphatic hydroxyl groups is 1. The van der Waals surface area contributed by atoms with Crippen LogP contribution in [0.3, 0.4) is 0 Å². The van der Waals surface area contributed by atoms with E-state index in [1.54, 1.807) is 81.9 Å². The number of aryl methyl sites for hydroxylation is 1. The first kappa shape index (κ1) is 21.6. The molecule has 0 bridgehead atoms. The van der Waals surface area contributed by atoms with Gasteiger partial charge in [0.15, 0.2) is 0 Å². The maximum absolute atomic E-state index is 13.2. The highest BCUT2D eigenvalue weighted by Gasteiger charge is 2.47. The predicted molar refractivity (Wildman–Crippen MR) is 123 cm³/mol. The van der Waals surface area contributed by atoms with Crippen molar-refractivity contribution >= 4 is 34.7 Å². The number of pyridine rings is 1. The van der Waals surface area contributed by atoms with Gasteiger partial charge >= 0.3 is 0 Å². The van der Waals surface area contributed by atoms with Crippen LogP contribution in [0.5, 0.6) is 5.75 Å². The molecule has 1 aromatic heterocycles. The molecule has 2 aromatic carbocycles. The van der Waals surface area contributed by atoms with Gasteiger partial charge in [0.2, 0.25) is 0 Å². The monoisotopic (exact) mass is 448 g/mol. The zero-order valence-electron chi connectivity index (χ0n) is 17.8. The van der Waals surface area contributed by atoms with Crippen LogP contribution in [0, 0.1) is 13.8 Å². The fourth-order valence-corrected chi connectivity index (χ4v) is 4.14. The van der Waals surface area contributed by atoms with Gasteiger partial charge in [-0.2, -0.15) is 0 Å². The number of ether oxygens (including phenoxy) is 1. The topological polar surface area (TPSA) is 79.7 Å². The van der Waals surface area contributed by atoms with Crippen molar-refractivity contribution in [2.45, 2.75) is 19.9 Å². The fraction of sp³-hybridized carbons (Fsp3) is 0.160. The number of hydrogen-bond acceptors (Lipinski definition) is 5. The number of rotatable bonds is 4. The van der Waals surface area contributed by atoms with Crippen molar-refractivity contribution in [2.75, 3.05) is 12.0 Å². The van der Waals surface area contributed by atoms with Crippen LogP contribution < -0.4 is 9.64 Å². The van der Waals surface area contributed by atoms with Gasteiger partial charge in [-0.3, -0.25) is 19.5 Å². The van der Waals surface area contributed by atoms with Gasteiger partial charge < -0.3 is 9.84 Å². The molecule has 1 aliphatic rings. The first-order valence-electron chi connectivity index (χ1n) is 9.96. The minimum Gasteiger partial charge on any atom is -0.507 e. The largest absolute Gasteiger partial charge is 0.507 e. The average molecular weight is 449 g/mol. The highest BCUT2D eigenvalue weighted by Crippen LogP contribution is 2.44. The molecule has 6 nitrogen and oxygen atoms in total. The number of carbonyl (C=O) groups is 2. The van der Waals surface area contributed by atoms with E-state index in [9.17, 15) is 14.7 Å². The average Bonchev–Trinajstić information content (AvgIpc) is 3.06. The predicted octanol–water partition coefficient (Wildman–Crippen LogP) is 4.99. The van der Waals surface area contributed by atoms with E-state index in [2.05, 4.69) is 4.98 Å². The van der Waals surface area contributed by atoms with Crippen LogP contribution in [-0.2, 0) is 9.59 Å². The van der Waals surface area contributed by atoms with Crippen LogP contribution in [0.15, 0.2) is 66.5 Å². The molecule has 1 amide bonds. The summed E-state index contributed by atoms with van der Waals surface area (Å²) >= 11 is 6.31. The molecule has 2 heterocycles. The number of halogens is 1. The van der Waals surface area contributed by atoms with Gasteiger partial charge in [-0.15, -0.1) is 0 Å². The summed E-state index contributed by atoms with van der Waals surface area (Å²) in [6.07, 6.45) is 3.16. The Hall–Kier alpha value is -3.64. The number of carbonyl (C=O) groups excluding carboxylic acids is 2. The lowest BCUT2D eigenvalue weighted by Gasteiger charge is -2.27. The molecule has 4 rings (SSSR count). The summed E-state index contributed by atoms with van der Waals surface area (Å²) in [5.41, 5.74) is 2.98. The van der Waals surface area contributed by atoms with Gasteiger partial charge in [-0.25, -0.2) is 0 Å². The summed E-state index contributed by atoms with van der Waals surface area (Å²) < 4.78 is 5.24. The Bertz CT molecular complexity index is 1250. The summed E-state index contributed by atoms with van der Waals surface area (Å²) in [5.74, 6) is -1.11. The molecule has 32 heavy (non-hydrogen) atoms. The number of aromatic nitrogens is 1. The number of Topliss-reactive ketones (excluding diaryl/α,β-unsaturated/α-hetero) is 1. The highest BCUT2D eigenvalue weighted by molar-refractivity contribution is 6.52. The zero-order chi connectivity index (χ0) is 23.0. The normalized spacial score (nSPS) is 17.6. The molecular formula is C25H21ClN2O4. The molecule has 0 radical (unpaired) electrons. The first-order valence-corrected chi connectivity index (χ1v) is 10.3. The molecule has 1 N–H and O–H groups in total. The Morgan fingerprint density at radius 2 is 1.81 bits per heavy atom. The summed E-state index contributed by atoms with van der Waals surface area (Å²) in [6, 6.07) is 12.9. The Morgan fingerprint density at radius 1 is 1.09 bits per heavy atom. The summed E-state index contributed by atoms with van der Waals surface area (Å²) in [5, 5.41) is 11.7. The molecule has 0 aliphatic carbocycles. The second-order valence-corrected chi connectivity index (χ2v) is 7.92. The maximum atomic E-state index is 13.2. The number of aliphatic hydroxyl groups excluding tert-OH is 1. The van der Waals surface area contributed by atoms with Crippen molar-refractivity contribution in [1.29, 1.82) is 0 Å². The number of nitrogens with zero attached hydrogens (tertiary/aromatic N) is 2. The van der Waals surface area contributed by atoms with Crippen LogP contribution in [0.4, 0.5) is 5.69 Å². The molecule has 1 saturated heterocycles. The Kier molecular flexibility index (Phi) is 5.72. The highest BCUT2D eigenvalue weighted by atomic mass is 35.5. The second-order valence-electron chi connectivity index (χ2n) is 7.51. The molecule has 162 valence electrons. The van der Waals surface area contributed by atoms with Gasteiger partial charge in [0.1, 0.15) is 11.5 Å². The fourth-order valence-electron chi connectivity index (χ4n) is 3.97. The lowest BCUT2D eigenvalue weighted by molar-refractivity contribution is -0.132. The molecule has 7 heteroatoms. The molecule has 0 spiro atoms. The number of ketones is 1. The van der Waals surface area contributed by atoms with Gasteiger partial charge in [0.05, 0.1) is 18.7 Å². The van der Waals surface area contributed by atoms with Crippen molar-refractivity contribution < 1.29 is 19.4 Å². The summed E-state index contributed by atoms with van der Waals surface area (Å²) in [6.45, 7) is 3.59. The van der Waals surface area contributed by atoms with E-state index in [0.29, 0.717) is 38.7 Å². The third-order valence-electron chi connectivity index (χ3n) is 5.65. The standard InChI is InChI=1S/C25H21ClN2O4/c1-14-13-17(32-3)7-8-18(14)23(29)21-22(16-9-11-27-12-10-16)28(25(31)24(21)30)20-6-4-5-19(26)15(20)2/h4-13,22,29H,1-3H3/b23-21+. The minimum absolute atomic E-state index is 0.00819. The van der Waals surface area contributed by atoms with Crippen LogP contribution in [0.2, 0.25) is 5.02 Å². The SMILES string of the molecule is COc1ccc(/C(O)=C2\C(=O)C(=O)N(c3cccc(Cl)c3C)C2c2ccncc2)c(C)c1. The molecule has 1 unspecified atom stereocenters. The Morgan fingerprint density at radius 3 is 2.47 bits per heavy atom. The molecule has 3 aromatic rings.